The molecule has 0 saturated carbocycles. The van der Waals surface area contributed by atoms with Gasteiger partial charge in [-0.05, 0) is 0 Å². The molecule has 0 spiro atoms. The Kier molecular flexibility index (Phi) is 3.15. The molecule has 22 valence electrons. The van der Waals surface area contributed by atoms with Gasteiger partial charge in [0.1, 0.15) is 7.85 Å². The van der Waals surface area contributed by atoms with Gasteiger partial charge in [-0.3, -0.25) is 0 Å². The quantitative estimate of drug-likeness (QED) is 0.374. The van der Waals surface area contributed by atoms with Crippen LogP contribution in [0.2, 0.25) is 0 Å². The van der Waals surface area contributed by atoms with E-state index in [1.54, 1.807) is 0 Å². The van der Waals surface area contributed by atoms with E-state index in [0.29, 0.717) is 0 Å². The van der Waals surface area contributed by atoms with E-state index in [0.717, 1.165) is 6.44 Å². The van der Waals surface area contributed by atoms with Gasteiger partial charge in [0.15, 0.2) is 0 Å². The van der Waals surface area contributed by atoms with Crippen molar-refractivity contribution in [3.05, 3.63) is 0 Å². The van der Waals surface area contributed by atoms with Crippen LogP contribution < -0.4 is 0 Å². The second-order valence-electron chi connectivity index (χ2n) is 0.445. The normalized spacial score (nSPS) is 6.00. The first kappa shape index (κ1) is 4.08. The molecule has 0 aromatic heterocycles. The minimum Gasteiger partial charge on any atom is -0.229 e. The van der Waals surface area contributed by atoms with Crippen LogP contribution in [0.25, 0.3) is 0 Å². The maximum atomic E-state index is 4.18. The Balaban J connectivity index is 2.30. The molecule has 0 radical (unpaired) electrons. The lowest BCUT2D eigenvalue weighted by Crippen LogP contribution is -1.65. The molecule has 0 saturated heterocycles. The minimum atomic E-state index is 0.759. The molecule has 0 aliphatic rings. The van der Waals surface area contributed by atoms with E-state index in [-0.39, 0.29) is 0 Å². The Hall–Kier alpha value is 0.0849. The van der Waals surface area contributed by atoms with Crippen molar-refractivity contribution in [3.63, 3.8) is 0 Å². The zero-order valence-corrected chi connectivity index (χ0v) is 3.38. The predicted octanol–water partition coefficient (Wildman–Crippen LogP) is -0.693. The van der Waals surface area contributed by atoms with Gasteiger partial charge in [0.25, 0.3) is 0 Å². The summed E-state index contributed by atoms with van der Waals surface area (Å²) in [5.41, 5.74) is 0. The lowest BCUT2D eigenvalue weighted by Gasteiger charge is -1.56. The molecule has 0 N–H and O–H groups in total. The Bertz CT molecular complexity index is 22.0. The lowest BCUT2D eigenvalue weighted by molar-refractivity contribution is 1.43. The number of hydrogen-bond donors (Lipinski definition) is 0. The second-order valence-corrected chi connectivity index (χ2v) is 0.704. The molecule has 0 fully saturated rings. The summed E-state index contributed by atoms with van der Waals surface area (Å²) >= 11 is 4.18. The fourth-order valence-electron chi connectivity index (χ4n) is 0. The first-order valence-corrected chi connectivity index (χ1v) is 1.57. The smallest absolute Gasteiger partial charge is 0.130 e. The molecule has 0 atom stereocenters. The van der Waals surface area contributed by atoms with Gasteiger partial charge >= 0.3 is 0 Å². The van der Waals surface area contributed by atoms with Gasteiger partial charge in [0, 0.05) is 18.9 Å². The molecule has 0 aliphatic heterocycles. The van der Waals surface area contributed by atoms with Crippen molar-refractivity contribution >= 4 is 20.3 Å². The maximum Gasteiger partial charge on any atom is 0.130 e. The topological polar surface area (TPSA) is 12.4 Å². The number of hydrogen-bond acceptors (Lipinski definition) is 2. The monoisotopic (exact) mass is 73.0 g/mol. The molecule has 0 bridgehead atoms. The van der Waals surface area contributed by atoms with Crippen LogP contribution in [0.3, 0.4) is 0 Å². The van der Waals surface area contributed by atoms with Crippen LogP contribution in [-0.2, 0) is 12.4 Å². The molecule has 0 aliphatic carbocycles. The molecular formula is CH4BNS. The van der Waals surface area contributed by atoms with Crippen LogP contribution in [0.5, 0.6) is 0 Å². The van der Waals surface area contributed by atoms with Crippen LogP contribution in [0.15, 0.2) is 4.36 Å². The standard InChI is InChI=1S/CH4BNS/c2-1-3-4/h1-2H2. The van der Waals surface area contributed by atoms with Crippen LogP contribution in [0.1, 0.15) is 0 Å². The summed E-state index contributed by atoms with van der Waals surface area (Å²) in [7, 11) is 1.91. The predicted molar refractivity (Wildman–Crippen MR) is 23.2 cm³/mol. The van der Waals surface area contributed by atoms with Crippen LogP contribution in [0.4, 0.5) is 0 Å². The Morgan fingerprint density at radius 2 is 2.25 bits per heavy atom. The third-order valence-corrected chi connectivity index (χ3v) is 0.387. The van der Waals surface area contributed by atoms with Gasteiger partial charge in [-0.15, -0.1) is 0 Å². The van der Waals surface area contributed by atoms with Crippen molar-refractivity contribution < 1.29 is 0 Å². The average Bonchev–Trinajstić information content (AvgIpc) is 1.37. The molecule has 3 heteroatoms. The third-order valence-electron chi connectivity index (χ3n) is 0.129. The zero-order valence-electron chi connectivity index (χ0n) is 2.56. The highest BCUT2D eigenvalue weighted by Gasteiger charge is 1.49. The van der Waals surface area contributed by atoms with E-state index < -0.39 is 0 Å². The first-order chi connectivity index (χ1) is 1.91. The van der Waals surface area contributed by atoms with E-state index in [1.165, 1.54) is 0 Å². The van der Waals surface area contributed by atoms with E-state index in [2.05, 4.69) is 16.8 Å². The van der Waals surface area contributed by atoms with Crippen LogP contribution >= 0.6 is 0 Å². The van der Waals surface area contributed by atoms with E-state index in [9.17, 15) is 0 Å². The Labute approximate surface area is 32.0 Å². The van der Waals surface area contributed by atoms with Gasteiger partial charge in [0.2, 0.25) is 0 Å². The van der Waals surface area contributed by atoms with E-state index >= 15 is 0 Å². The molecular weight excluding hydrogens is 68.9 g/mol. The van der Waals surface area contributed by atoms with Crippen molar-refractivity contribution in [2.24, 2.45) is 4.36 Å². The highest BCUT2D eigenvalue weighted by Crippen LogP contribution is 1.44. The first-order valence-electron chi connectivity index (χ1n) is 1.21. The molecule has 4 heavy (non-hydrogen) atoms. The van der Waals surface area contributed by atoms with Gasteiger partial charge in [-0.1, -0.05) is 0 Å². The lowest BCUT2D eigenvalue weighted by atomic mass is 10.2. The molecule has 0 amide bonds. The summed E-state index contributed by atoms with van der Waals surface area (Å²) in [4.78, 5) is 0. The Morgan fingerprint density at radius 1 is 2.00 bits per heavy atom. The number of nitrogens with zero attached hydrogens (tertiary/aromatic N) is 1. The van der Waals surface area contributed by atoms with Crippen molar-refractivity contribution in [1.29, 1.82) is 0 Å². The number of rotatable bonds is 1. The van der Waals surface area contributed by atoms with Crippen LogP contribution in [-0.4, -0.2) is 14.3 Å². The molecule has 0 unspecified atom stereocenters. The van der Waals surface area contributed by atoms with E-state index in [4.69, 9.17) is 0 Å². The molecule has 0 aromatic carbocycles. The average molecular weight is 72.9 g/mol. The summed E-state index contributed by atoms with van der Waals surface area (Å²) in [6.07, 6.45) is 0.759. The highest BCUT2D eigenvalue weighted by molar-refractivity contribution is 7.47. The van der Waals surface area contributed by atoms with Gasteiger partial charge in [0.05, 0.1) is 0 Å². The van der Waals surface area contributed by atoms with E-state index in [1.807, 2.05) is 7.85 Å². The second kappa shape index (κ2) is 3.08. The fraction of sp³-hybridized carbons (Fsp3) is 1.00. The van der Waals surface area contributed by atoms with Gasteiger partial charge in [-0.2, -0.15) is 0 Å². The minimum absolute atomic E-state index is 0.759. The van der Waals surface area contributed by atoms with Crippen molar-refractivity contribution in [3.8, 4) is 0 Å². The van der Waals surface area contributed by atoms with Gasteiger partial charge in [-0.25, -0.2) is 4.36 Å². The highest BCUT2D eigenvalue weighted by atomic mass is 32.1. The van der Waals surface area contributed by atoms with Crippen LogP contribution in [0, 0.1) is 0 Å². The zero-order chi connectivity index (χ0) is 3.41. The summed E-state index contributed by atoms with van der Waals surface area (Å²) in [5.74, 6) is 0. The fourth-order valence-corrected chi connectivity index (χ4v) is 0. The van der Waals surface area contributed by atoms with Crippen molar-refractivity contribution in [2.75, 3.05) is 6.44 Å². The Morgan fingerprint density at radius 3 is 2.25 bits per heavy atom. The summed E-state index contributed by atoms with van der Waals surface area (Å²) in [6.45, 7) is 0. The molecule has 1 nitrogen and oxygen atoms in total. The maximum absolute atomic E-state index is 4.18. The molecule has 0 rings (SSSR count). The van der Waals surface area contributed by atoms with Crippen molar-refractivity contribution in [1.82, 2.24) is 0 Å². The largest absolute Gasteiger partial charge is 0.229 e. The molecule has 0 heterocycles. The van der Waals surface area contributed by atoms with Gasteiger partial charge < -0.3 is 0 Å². The summed E-state index contributed by atoms with van der Waals surface area (Å²) < 4.78 is 3.32. The third kappa shape index (κ3) is 2.08. The SMILES string of the molecule is BCN=S. The summed E-state index contributed by atoms with van der Waals surface area (Å²) in [6, 6.07) is 0. The van der Waals surface area contributed by atoms with Crippen molar-refractivity contribution in [2.45, 2.75) is 0 Å². The summed E-state index contributed by atoms with van der Waals surface area (Å²) in [5, 5.41) is 0. The molecule has 0 aromatic rings.